The summed E-state index contributed by atoms with van der Waals surface area (Å²) >= 11 is 0. The SMILES string of the molecule is Cc1ccc(N2C[C@H]3CC2CN3/C=C/C(=O)c2ccccc2O)nc1. The molecule has 0 saturated carbocycles. The van der Waals surface area contributed by atoms with Crippen molar-refractivity contribution in [3.05, 3.63) is 66.0 Å². The molecule has 3 heterocycles. The number of aryl methyl sites for hydroxylation is 1. The lowest BCUT2D eigenvalue weighted by Gasteiger charge is -2.34. The summed E-state index contributed by atoms with van der Waals surface area (Å²) in [6.07, 6.45) is 6.43. The summed E-state index contributed by atoms with van der Waals surface area (Å²) < 4.78 is 0. The number of likely N-dealkylation sites (tertiary alicyclic amines) is 1. The monoisotopic (exact) mass is 335 g/mol. The molecular weight excluding hydrogens is 314 g/mol. The quantitative estimate of drug-likeness (QED) is 0.688. The number of phenols is 1. The van der Waals surface area contributed by atoms with Crippen molar-refractivity contribution in [1.82, 2.24) is 9.88 Å². The predicted molar refractivity (Wildman–Crippen MR) is 96.8 cm³/mol. The summed E-state index contributed by atoms with van der Waals surface area (Å²) in [6.45, 7) is 3.86. The van der Waals surface area contributed by atoms with Crippen LogP contribution in [0, 0.1) is 6.92 Å². The summed E-state index contributed by atoms with van der Waals surface area (Å²) in [4.78, 5) is 21.4. The molecule has 4 rings (SSSR count). The predicted octanol–water partition coefficient (Wildman–Crippen LogP) is 2.76. The average Bonchev–Trinajstić information content (AvgIpc) is 3.21. The van der Waals surface area contributed by atoms with E-state index in [2.05, 4.69) is 26.9 Å². The Morgan fingerprint density at radius 2 is 2.04 bits per heavy atom. The zero-order chi connectivity index (χ0) is 17.4. The van der Waals surface area contributed by atoms with Crippen molar-refractivity contribution in [2.24, 2.45) is 0 Å². The fourth-order valence-corrected chi connectivity index (χ4v) is 3.73. The summed E-state index contributed by atoms with van der Waals surface area (Å²) in [7, 11) is 0. The number of carbonyl (C=O) groups excluding carboxylic acids is 1. The van der Waals surface area contributed by atoms with Gasteiger partial charge < -0.3 is 14.9 Å². The van der Waals surface area contributed by atoms with Gasteiger partial charge in [0.2, 0.25) is 0 Å². The number of nitrogens with zero attached hydrogens (tertiary/aromatic N) is 3. The number of allylic oxidation sites excluding steroid dienone is 1. The second-order valence-corrected chi connectivity index (χ2v) is 6.78. The van der Waals surface area contributed by atoms with Gasteiger partial charge in [0.25, 0.3) is 0 Å². The second-order valence-electron chi connectivity index (χ2n) is 6.78. The van der Waals surface area contributed by atoms with E-state index in [1.165, 1.54) is 11.6 Å². The first-order chi connectivity index (χ1) is 12.1. The molecule has 2 aromatic rings. The van der Waals surface area contributed by atoms with Crippen molar-refractivity contribution in [2.45, 2.75) is 25.4 Å². The third-order valence-corrected chi connectivity index (χ3v) is 5.06. The van der Waals surface area contributed by atoms with Crippen LogP contribution in [-0.2, 0) is 0 Å². The minimum absolute atomic E-state index is 0.0247. The van der Waals surface area contributed by atoms with Gasteiger partial charge in [-0.05, 0) is 37.1 Å². The Hall–Kier alpha value is -2.82. The van der Waals surface area contributed by atoms with E-state index in [4.69, 9.17) is 0 Å². The van der Waals surface area contributed by atoms with Crippen molar-refractivity contribution in [3.63, 3.8) is 0 Å². The normalized spacial score (nSPS) is 22.1. The maximum Gasteiger partial charge on any atom is 0.190 e. The molecule has 2 saturated heterocycles. The number of anilines is 1. The Balaban J connectivity index is 1.42. The Morgan fingerprint density at radius 1 is 1.20 bits per heavy atom. The summed E-state index contributed by atoms with van der Waals surface area (Å²) in [5, 5.41) is 9.78. The molecule has 5 nitrogen and oxygen atoms in total. The highest BCUT2D eigenvalue weighted by Gasteiger charge is 2.42. The molecule has 2 atom stereocenters. The molecule has 2 aliphatic rings. The van der Waals surface area contributed by atoms with E-state index in [0.717, 1.165) is 25.3 Å². The lowest BCUT2D eigenvalue weighted by molar-refractivity contribution is 0.104. The molecule has 1 aromatic heterocycles. The van der Waals surface area contributed by atoms with E-state index in [1.54, 1.807) is 24.3 Å². The number of piperazine rings is 1. The van der Waals surface area contributed by atoms with E-state index in [-0.39, 0.29) is 11.5 Å². The molecule has 128 valence electrons. The van der Waals surface area contributed by atoms with Gasteiger partial charge in [-0.25, -0.2) is 4.98 Å². The Kier molecular flexibility index (Phi) is 3.92. The van der Waals surface area contributed by atoms with Crippen LogP contribution >= 0.6 is 0 Å². The van der Waals surface area contributed by atoms with Gasteiger partial charge in [-0.15, -0.1) is 0 Å². The number of carbonyl (C=O) groups is 1. The first-order valence-electron chi connectivity index (χ1n) is 8.57. The van der Waals surface area contributed by atoms with Crippen LogP contribution in [0.4, 0.5) is 5.82 Å². The molecule has 0 spiro atoms. The number of pyridine rings is 1. The van der Waals surface area contributed by atoms with Gasteiger partial charge in [0.05, 0.1) is 5.56 Å². The Labute approximate surface area is 147 Å². The number of aromatic hydroxyl groups is 1. The van der Waals surface area contributed by atoms with Crippen molar-refractivity contribution in [2.75, 3.05) is 18.0 Å². The molecule has 0 radical (unpaired) electrons. The highest BCUT2D eigenvalue weighted by atomic mass is 16.3. The van der Waals surface area contributed by atoms with Gasteiger partial charge in [0.1, 0.15) is 11.6 Å². The van der Waals surface area contributed by atoms with Crippen LogP contribution in [0.2, 0.25) is 0 Å². The highest BCUT2D eigenvalue weighted by molar-refractivity contribution is 6.06. The maximum absolute atomic E-state index is 12.3. The Morgan fingerprint density at radius 3 is 2.72 bits per heavy atom. The number of fused-ring (bicyclic) bond motifs is 2. The van der Waals surface area contributed by atoms with Crippen LogP contribution in [0.25, 0.3) is 0 Å². The lowest BCUT2D eigenvalue weighted by Crippen LogP contribution is -2.44. The summed E-state index contributed by atoms with van der Waals surface area (Å²) in [5.74, 6) is 0.890. The van der Waals surface area contributed by atoms with Gasteiger partial charge in [-0.1, -0.05) is 18.2 Å². The van der Waals surface area contributed by atoms with Crippen LogP contribution in [0.1, 0.15) is 22.3 Å². The van der Waals surface area contributed by atoms with Crippen molar-refractivity contribution < 1.29 is 9.90 Å². The van der Waals surface area contributed by atoms with E-state index in [9.17, 15) is 9.90 Å². The van der Waals surface area contributed by atoms with E-state index in [1.807, 2.05) is 19.3 Å². The topological polar surface area (TPSA) is 56.7 Å². The van der Waals surface area contributed by atoms with E-state index in [0.29, 0.717) is 17.6 Å². The zero-order valence-corrected chi connectivity index (χ0v) is 14.2. The van der Waals surface area contributed by atoms with Crippen LogP contribution in [0.15, 0.2) is 54.9 Å². The van der Waals surface area contributed by atoms with Gasteiger partial charge in [0.15, 0.2) is 5.78 Å². The number of hydrogen-bond acceptors (Lipinski definition) is 5. The van der Waals surface area contributed by atoms with Crippen molar-refractivity contribution in [1.29, 1.82) is 0 Å². The summed E-state index contributed by atoms with van der Waals surface area (Å²) in [5.41, 5.74) is 1.51. The number of rotatable bonds is 4. The number of benzene rings is 1. The third kappa shape index (κ3) is 2.97. The number of hydrogen-bond donors (Lipinski definition) is 1. The van der Waals surface area contributed by atoms with Crippen LogP contribution in [0.5, 0.6) is 5.75 Å². The number of phenolic OH excluding ortho intramolecular Hbond substituents is 1. The molecule has 0 aliphatic carbocycles. The maximum atomic E-state index is 12.3. The molecule has 1 N–H and O–H groups in total. The molecule has 1 aromatic carbocycles. The number of ketones is 1. The van der Waals surface area contributed by atoms with Crippen LogP contribution in [0.3, 0.4) is 0 Å². The van der Waals surface area contributed by atoms with Crippen LogP contribution in [-0.4, -0.2) is 45.9 Å². The van der Waals surface area contributed by atoms with Gasteiger partial charge in [0, 0.05) is 43.6 Å². The molecule has 0 amide bonds. The molecule has 2 bridgehead atoms. The molecule has 1 unspecified atom stereocenters. The van der Waals surface area contributed by atoms with Crippen molar-refractivity contribution in [3.8, 4) is 5.75 Å². The third-order valence-electron chi connectivity index (χ3n) is 5.06. The number of aromatic nitrogens is 1. The fourth-order valence-electron chi connectivity index (χ4n) is 3.73. The Bertz CT molecular complexity index is 816. The fraction of sp³-hybridized carbons (Fsp3) is 0.300. The van der Waals surface area contributed by atoms with Gasteiger partial charge >= 0.3 is 0 Å². The van der Waals surface area contributed by atoms with Crippen LogP contribution < -0.4 is 4.90 Å². The molecule has 25 heavy (non-hydrogen) atoms. The number of para-hydroxylation sites is 1. The molecular formula is C20H21N3O2. The second kappa shape index (κ2) is 6.24. The first kappa shape index (κ1) is 15.7. The minimum atomic E-state index is -0.169. The smallest absolute Gasteiger partial charge is 0.190 e. The molecule has 5 heteroatoms. The van der Waals surface area contributed by atoms with Gasteiger partial charge in [-0.3, -0.25) is 4.79 Å². The molecule has 2 fully saturated rings. The largest absolute Gasteiger partial charge is 0.507 e. The highest BCUT2D eigenvalue weighted by Crippen LogP contribution is 2.33. The zero-order valence-electron chi connectivity index (χ0n) is 14.2. The van der Waals surface area contributed by atoms with Crippen molar-refractivity contribution >= 4 is 11.6 Å². The summed E-state index contributed by atoms with van der Waals surface area (Å²) in [6, 6.07) is 11.7. The first-order valence-corrected chi connectivity index (χ1v) is 8.57. The van der Waals surface area contributed by atoms with E-state index >= 15 is 0 Å². The molecule has 2 aliphatic heterocycles. The minimum Gasteiger partial charge on any atom is -0.507 e. The average molecular weight is 335 g/mol. The van der Waals surface area contributed by atoms with E-state index < -0.39 is 0 Å². The van der Waals surface area contributed by atoms with Gasteiger partial charge in [-0.2, -0.15) is 0 Å². The lowest BCUT2D eigenvalue weighted by atomic mass is 10.1. The standard InChI is InChI=1S/C20H21N3O2/c1-14-6-7-20(21-11-14)23-13-15-10-16(23)12-22(15)9-8-19(25)17-4-2-3-5-18(17)24/h2-9,11,15-16,24H,10,12-13H2,1H3/b9-8+/t15-,16?/m1/s1.